The van der Waals surface area contributed by atoms with Gasteiger partial charge in [-0.25, -0.2) is 4.79 Å². The fourth-order valence-corrected chi connectivity index (χ4v) is 4.04. The lowest BCUT2D eigenvalue weighted by molar-refractivity contribution is 0.187. The van der Waals surface area contributed by atoms with Crippen LogP contribution in [0.1, 0.15) is 76.5 Å². The van der Waals surface area contributed by atoms with Crippen molar-refractivity contribution in [2.24, 2.45) is 0 Å². The van der Waals surface area contributed by atoms with Crippen molar-refractivity contribution in [3.63, 3.8) is 0 Å². The van der Waals surface area contributed by atoms with E-state index in [0.717, 1.165) is 35.1 Å². The molecule has 0 spiro atoms. The van der Waals surface area contributed by atoms with Crippen molar-refractivity contribution in [1.82, 2.24) is 4.90 Å². The predicted octanol–water partition coefficient (Wildman–Crippen LogP) is 6.10. The molecule has 0 aliphatic heterocycles. The minimum Gasteiger partial charge on any atom is -0.383 e. The summed E-state index contributed by atoms with van der Waals surface area (Å²) in [5.74, 6) is 0.776. The van der Waals surface area contributed by atoms with Crippen LogP contribution in [0, 0.1) is 0 Å². The fourth-order valence-electron chi connectivity index (χ4n) is 3.59. The van der Waals surface area contributed by atoms with Crippen LogP contribution >= 0.6 is 0 Å². The molecule has 0 aliphatic rings. The van der Waals surface area contributed by atoms with Crippen molar-refractivity contribution < 1.29 is 17.4 Å². The van der Waals surface area contributed by atoms with E-state index < -0.39 is 10.1 Å². The summed E-state index contributed by atoms with van der Waals surface area (Å²) in [6.07, 6.45) is 1.80. The third kappa shape index (κ3) is 6.99. The summed E-state index contributed by atoms with van der Waals surface area (Å²) in [7, 11) is -3.62. The van der Waals surface area contributed by atoms with Gasteiger partial charge < -0.3 is 14.4 Å². The summed E-state index contributed by atoms with van der Waals surface area (Å²) in [4.78, 5) is 15.2. The van der Waals surface area contributed by atoms with Crippen LogP contribution in [0.5, 0.6) is 5.75 Å². The van der Waals surface area contributed by atoms with Crippen molar-refractivity contribution in [3.8, 4) is 5.75 Å². The molecule has 0 bridgehead atoms. The molecule has 1 N–H and O–H groups in total. The van der Waals surface area contributed by atoms with Crippen LogP contribution in [0.4, 0.5) is 10.5 Å². The van der Waals surface area contributed by atoms with Crippen molar-refractivity contribution in [2.45, 2.75) is 72.4 Å². The second-order valence-corrected chi connectivity index (χ2v) is 10.4. The van der Waals surface area contributed by atoms with Gasteiger partial charge in [0.05, 0.1) is 6.26 Å². The predicted molar refractivity (Wildman–Crippen MR) is 131 cm³/mol. The molecule has 2 aromatic carbocycles. The highest BCUT2D eigenvalue weighted by atomic mass is 32.2. The summed E-state index contributed by atoms with van der Waals surface area (Å²) < 4.78 is 28.0. The molecule has 1 atom stereocenters. The Balaban J connectivity index is 2.36. The molecule has 7 heteroatoms. The molecule has 0 aliphatic carbocycles. The summed E-state index contributed by atoms with van der Waals surface area (Å²) in [6.45, 7) is 12.9. The monoisotopic (exact) mass is 460 g/mol. The molecule has 2 amide bonds. The Kier molecular flexibility index (Phi) is 8.73. The SMILES string of the molecule is CCC(C)N(Cc1cccc(OS(C)(=O)=O)c1)C(=O)Nc1c(C(C)C)cccc1C(C)C. The summed E-state index contributed by atoms with van der Waals surface area (Å²) in [5, 5.41) is 3.19. The van der Waals surface area contributed by atoms with E-state index in [1.165, 1.54) is 0 Å². The number of rotatable bonds is 9. The Labute approximate surface area is 193 Å². The van der Waals surface area contributed by atoms with Crippen LogP contribution in [0.25, 0.3) is 0 Å². The zero-order chi connectivity index (χ0) is 24.1. The maximum absolute atomic E-state index is 13.5. The highest BCUT2D eigenvalue weighted by molar-refractivity contribution is 7.86. The molecule has 0 fully saturated rings. The van der Waals surface area contributed by atoms with E-state index in [2.05, 4.69) is 45.1 Å². The second-order valence-electron chi connectivity index (χ2n) is 8.87. The Bertz CT molecular complexity index is 1010. The summed E-state index contributed by atoms with van der Waals surface area (Å²) in [5.41, 5.74) is 3.89. The minimum absolute atomic E-state index is 0.0109. The van der Waals surface area contributed by atoms with Crippen LogP contribution in [0.3, 0.4) is 0 Å². The lowest BCUT2D eigenvalue weighted by Gasteiger charge is -2.30. The third-order valence-corrected chi connectivity index (χ3v) is 5.98. The Morgan fingerprint density at radius 3 is 2.06 bits per heavy atom. The van der Waals surface area contributed by atoms with Gasteiger partial charge in [-0.1, -0.05) is 65.0 Å². The zero-order valence-corrected chi connectivity index (χ0v) is 21.0. The molecule has 0 saturated heterocycles. The molecular formula is C25H36N2O4S. The van der Waals surface area contributed by atoms with Gasteiger partial charge in [-0.2, -0.15) is 8.42 Å². The highest BCUT2D eigenvalue weighted by Crippen LogP contribution is 2.33. The van der Waals surface area contributed by atoms with E-state index in [1.54, 1.807) is 23.1 Å². The van der Waals surface area contributed by atoms with Crippen LogP contribution in [0.2, 0.25) is 0 Å². The average Bonchev–Trinajstić information content (AvgIpc) is 2.70. The van der Waals surface area contributed by atoms with Crippen molar-refractivity contribution in [2.75, 3.05) is 11.6 Å². The molecule has 0 radical (unpaired) electrons. The molecule has 0 saturated carbocycles. The first-order chi connectivity index (χ1) is 14.9. The number of amides is 2. The number of anilines is 1. The molecule has 2 rings (SSSR count). The lowest BCUT2D eigenvalue weighted by atomic mass is 9.92. The van der Waals surface area contributed by atoms with Crippen molar-refractivity contribution in [3.05, 3.63) is 59.2 Å². The smallest absolute Gasteiger partial charge is 0.322 e. The standard InChI is InChI=1S/C25H36N2O4S/c1-8-19(6)27(16-20-11-9-12-21(15-20)31-32(7,29)30)25(28)26-24-22(17(2)3)13-10-14-23(24)18(4)5/h9-15,17-19H,8,16H2,1-7H3,(H,26,28). The van der Waals surface area contributed by atoms with Crippen LogP contribution in [-0.2, 0) is 16.7 Å². The highest BCUT2D eigenvalue weighted by Gasteiger charge is 2.23. The van der Waals surface area contributed by atoms with Gasteiger partial charge in [-0.15, -0.1) is 0 Å². The molecular weight excluding hydrogens is 424 g/mol. The Morgan fingerprint density at radius 2 is 1.56 bits per heavy atom. The van der Waals surface area contributed by atoms with Gasteiger partial charge in [-0.05, 0) is 54.0 Å². The van der Waals surface area contributed by atoms with E-state index >= 15 is 0 Å². The number of benzene rings is 2. The van der Waals surface area contributed by atoms with Crippen molar-refractivity contribution in [1.29, 1.82) is 0 Å². The van der Waals surface area contributed by atoms with Gasteiger partial charge in [-0.3, -0.25) is 0 Å². The Hall–Kier alpha value is -2.54. The first-order valence-electron chi connectivity index (χ1n) is 11.1. The van der Waals surface area contributed by atoms with Crippen LogP contribution in [0.15, 0.2) is 42.5 Å². The molecule has 6 nitrogen and oxygen atoms in total. The third-order valence-electron chi connectivity index (χ3n) is 5.49. The number of urea groups is 1. The van der Waals surface area contributed by atoms with Gasteiger partial charge >= 0.3 is 16.1 Å². The number of para-hydroxylation sites is 1. The van der Waals surface area contributed by atoms with E-state index in [0.29, 0.717) is 6.54 Å². The average molecular weight is 461 g/mol. The lowest BCUT2D eigenvalue weighted by Crippen LogP contribution is -2.41. The molecule has 0 heterocycles. The summed E-state index contributed by atoms with van der Waals surface area (Å²) >= 11 is 0. The van der Waals surface area contributed by atoms with Crippen LogP contribution < -0.4 is 9.50 Å². The van der Waals surface area contributed by atoms with Gasteiger partial charge in [0, 0.05) is 18.3 Å². The minimum atomic E-state index is -3.62. The largest absolute Gasteiger partial charge is 0.383 e. The number of carbonyl (C=O) groups excluding carboxylic acids is 1. The maximum Gasteiger partial charge on any atom is 0.322 e. The zero-order valence-electron chi connectivity index (χ0n) is 20.2. The van der Waals surface area contributed by atoms with Crippen LogP contribution in [-0.4, -0.2) is 31.6 Å². The first kappa shape index (κ1) is 25.7. The number of hydrogen-bond donors (Lipinski definition) is 1. The molecule has 2 aromatic rings. The quantitative estimate of drug-likeness (QED) is 0.459. The topological polar surface area (TPSA) is 75.7 Å². The number of nitrogens with zero attached hydrogens (tertiary/aromatic N) is 1. The Morgan fingerprint density at radius 1 is 1.00 bits per heavy atom. The van der Waals surface area contributed by atoms with Gasteiger partial charge in [0.25, 0.3) is 0 Å². The second kappa shape index (κ2) is 10.9. The summed E-state index contributed by atoms with van der Waals surface area (Å²) in [6, 6.07) is 12.8. The van der Waals surface area contributed by atoms with E-state index in [1.807, 2.05) is 26.0 Å². The number of hydrogen-bond acceptors (Lipinski definition) is 4. The van der Waals surface area contributed by atoms with Gasteiger partial charge in [0.2, 0.25) is 0 Å². The maximum atomic E-state index is 13.5. The molecule has 32 heavy (non-hydrogen) atoms. The van der Waals surface area contributed by atoms with E-state index in [-0.39, 0.29) is 29.7 Å². The van der Waals surface area contributed by atoms with Gasteiger partial charge in [0.15, 0.2) is 0 Å². The van der Waals surface area contributed by atoms with E-state index in [4.69, 9.17) is 4.18 Å². The molecule has 1 unspecified atom stereocenters. The first-order valence-corrected chi connectivity index (χ1v) is 12.9. The van der Waals surface area contributed by atoms with Crippen molar-refractivity contribution >= 4 is 21.8 Å². The fraction of sp³-hybridized carbons (Fsp3) is 0.480. The van der Waals surface area contributed by atoms with Gasteiger partial charge in [0.1, 0.15) is 5.75 Å². The molecule has 176 valence electrons. The molecule has 0 aromatic heterocycles. The number of nitrogens with one attached hydrogen (secondary N) is 1. The van der Waals surface area contributed by atoms with E-state index in [9.17, 15) is 13.2 Å². The normalized spacial score (nSPS) is 12.7. The number of carbonyl (C=O) groups is 1.